The molecule has 3 atom stereocenters. The van der Waals surface area contributed by atoms with Crippen LogP contribution in [0.5, 0.6) is 0 Å². The molecule has 2 bridgehead atoms. The summed E-state index contributed by atoms with van der Waals surface area (Å²) in [4.78, 5) is 18.1. The van der Waals surface area contributed by atoms with Crippen LogP contribution in [0, 0.1) is 11.8 Å². The van der Waals surface area contributed by atoms with Crippen LogP contribution in [0.2, 0.25) is 0 Å². The molecule has 7 heteroatoms. The molecular weight excluding hydrogens is 252 g/mol. The summed E-state index contributed by atoms with van der Waals surface area (Å²) in [6.07, 6.45) is 3.32. The highest BCUT2D eigenvalue weighted by molar-refractivity contribution is 8.00. The summed E-state index contributed by atoms with van der Waals surface area (Å²) in [7, 11) is 0. The molecule has 0 saturated heterocycles. The Morgan fingerprint density at radius 2 is 2.39 bits per heavy atom. The van der Waals surface area contributed by atoms with Crippen LogP contribution in [-0.4, -0.2) is 26.1 Å². The zero-order valence-corrected chi connectivity index (χ0v) is 10.5. The van der Waals surface area contributed by atoms with Crippen molar-refractivity contribution in [2.24, 2.45) is 17.0 Å². The highest BCUT2D eigenvalue weighted by Gasteiger charge is 2.46. The molecule has 2 aliphatic carbocycles. The van der Waals surface area contributed by atoms with E-state index in [2.05, 4.69) is 15.1 Å². The number of thioether (sulfide) groups is 1. The smallest absolute Gasteiger partial charge is 0.253 e. The maximum Gasteiger partial charge on any atom is 0.253 e. The summed E-state index contributed by atoms with van der Waals surface area (Å²) < 4.78 is 0. The van der Waals surface area contributed by atoms with Crippen molar-refractivity contribution in [2.45, 2.75) is 29.7 Å². The molecule has 0 amide bonds. The fraction of sp³-hybridized carbons (Fsp3) is 0.545. The number of aromatic amines is 1. The minimum Gasteiger partial charge on any atom is -0.411 e. The molecule has 0 radical (unpaired) electrons. The van der Waals surface area contributed by atoms with E-state index in [0.29, 0.717) is 17.0 Å². The number of oxime groups is 1. The molecule has 6 nitrogen and oxygen atoms in total. The van der Waals surface area contributed by atoms with Crippen LogP contribution in [-0.2, 0) is 0 Å². The fourth-order valence-electron chi connectivity index (χ4n) is 2.96. The third-order valence-corrected chi connectivity index (χ3v) is 5.00. The highest BCUT2D eigenvalue weighted by atomic mass is 32.2. The summed E-state index contributed by atoms with van der Waals surface area (Å²) in [5, 5.41) is 13.1. The molecule has 0 spiro atoms. The van der Waals surface area contributed by atoms with Gasteiger partial charge in [0.1, 0.15) is 5.82 Å². The first-order valence-corrected chi connectivity index (χ1v) is 6.80. The number of nitrogen functional groups attached to an aromatic ring is 1. The van der Waals surface area contributed by atoms with Crippen LogP contribution in [0.25, 0.3) is 0 Å². The van der Waals surface area contributed by atoms with Crippen LogP contribution in [0.15, 0.2) is 21.2 Å². The second kappa shape index (κ2) is 4.31. The number of hydrogen-bond donors (Lipinski definition) is 3. The number of fused-ring (bicyclic) bond motifs is 2. The van der Waals surface area contributed by atoms with Gasteiger partial charge in [-0.2, -0.15) is 0 Å². The first kappa shape index (κ1) is 11.6. The van der Waals surface area contributed by atoms with E-state index < -0.39 is 0 Å². The predicted octanol–water partition coefficient (Wildman–Crippen LogP) is 1.07. The molecule has 0 aromatic carbocycles. The number of nitrogens with one attached hydrogen (secondary N) is 1. The van der Waals surface area contributed by atoms with Gasteiger partial charge in [-0.05, 0) is 25.2 Å². The molecule has 18 heavy (non-hydrogen) atoms. The topological polar surface area (TPSA) is 104 Å². The van der Waals surface area contributed by atoms with Gasteiger partial charge in [-0.3, -0.25) is 4.79 Å². The van der Waals surface area contributed by atoms with E-state index in [0.717, 1.165) is 25.0 Å². The molecule has 2 aliphatic rings. The zero-order chi connectivity index (χ0) is 12.7. The number of hydrogen-bond acceptors (Lipinski definition) is 6. The summed E-state index contributed by atoms with van der Waals surface area (Å²) in [5.41, 5.74) is 6.13. The largest absolute Gasteiger partial charge is 0.411 e. The first-order chi connectivity index (χ1) is 8.67. The SMILES string of the molecule is Nc1cc(=O)[nH]c(S[C@@H]2/C(=N\O)[C@H]3CC[C@H]2C3)n1. The first-order valence-electron chi connectivity index (χ1n) is 5.92. The van der Waals surface area contributed by atoms with Crippen LogP contribution >= 0.6 is 11.8 Å². The summed E-state index contributed by atoms with van der Waals surface area (Å²) in [6, 6.07) is 1.26. The van der Waals surface area contributed by atoms with Crippen molar-refractivity contribution >= 4 is 23.3 Å². The quantitative estimate of drug-likeness (QED) is 0.422. The number of aromatic nitrogens is 2. The van der Waals surface area contributed by atoms with E-state index in [1.54, 1.807) is 0 Å². The van der Waals surface area contributed by atoms with Gasteiger partial charge < -0.3 is 15.9 Å². The highest BCUT2D eigenvalue weighted by Crippen LogP contribution is 2.48. The Morgan fingerprint density at radius 1 is 1.56 bits per heavy atom. The van der Waals surface area contributed by atoms with Gasteiger partial charge in [0.2, 0.25) is 0 Å². The summed E-state index contributed by atoms with van der Waals surface area (Å²) in [6.45, 7) is 0. The lowest BCUT2D eigenvalue weighted by molar-refractivity contribution is 0.314. The predicted molar refractivity (Wildman–Crippen MR) is 69.0 cm³/mol. The average Bonchev–Trinajstić information content (AvgIpc) is 2.88. The Labute approximate surface area is 108 Å². The number of rotatable bonds is 2. The van der Waals surface area contributed by atoms with Gasteiger partial charge in [0.25, 0.3) is 5.56 Å². The van der Waals surface area contributed by atoms with E-state index in [-0.39, 0.29) is 16.6 Å². The van der Waals surface area contributed by atoms with Crippen molar-refractivity contribution in [2.75, 3.05) is 5.73 Å². The van der Waals surface area contributed by atoms with E-state index in [9.17, 15) is 4.79 Å². The standard InChI is InChI=1S/C11H14N4O2S/c12-7-4-8(16)14-11(13-7)18-10-6-2-1-5(3-6)9(10)15-17/h4-6,10,17H,1-3H2,(H3,12,13,14,16)/b15-9-/t5-,6-,10-/m0/s1. The number of H-pyrrole nitrogens is 1. The van der Waals surface area contributed by atoms with Gasteiger partial charge in [0.05, 0.1) is 11.0 Å². The van der Waals surface area contributed by atoms with Crippen molar-refractivity contribution in [3.8, 4) is 0 Å². The molecule has 4 N–H and O–H groups in total. The van der Waals surface area contributed by atoms with E-state index in [1.807, 2.05) is 0 Å². The fourth-order valence-corrected chi connectivity index (χ4v) is 4.32. The summed E-state index contributed by atoms with van der Waals surface area (Å²) in [5.74, 6) is 1.12. The Hall–Kier alpha value is -1.50. The second-order valence-electron chi connectivity index (χ2n) is 4.81. The third-order valence-electron chi connectivity index (χ3n) is 3.70. The van der Waals surface area contributed by atoms with Crippen LogP contribution in [0.4, 0.5) is 5.82 Å². The van der Waals surface area contributed by atoms with Crippen molar-refractivity contribution in [1.82, 2.24) is 9.97 Å². The Kier molecular flexibility index (Phi) is 2.77. The lowest BCUT2D eigenvalue weighted by atomic mass is 9.98. The van der Waals surface area contributed by atoms with Gasteiger partial charge in [-0.25, -0.2) is 4.98 Å². The molecule has 96 valence electrons. The van der Waals surface area contributed by atoms with Gasteiger partial charge in [-0.1, -0.05) is 16.9 Å². The van der Waals surface area contributed by atoms with Crippen molar-refractivity contribution < 1.29 is 5.21 Å². The Bertz CT molecular complexity index is 556. The molecule has 1 aromatic rings. The number of anilines is 1. The Morgan fingerprint density at radius 3 is 3.11 bits per heavy atom. The van der Waals surface area contributed by atoms with Crippen LogP contribution < -0.4 is 11.3 Å². The number of nitrogens with zero attached hydrogens (tertiary/aromatic N) is 2. The average molecular weight is 266 g/mol. The minimum absolute atomic E-state index is 0.110. The molecule has 0 aliphatic heterocycles. The summed E-state index contributed by atoms with van der Waals surface area (Å²) >= 11 is 1.44. The van der Waals surface area contributed by atoms with Gasteiger partial charge in [0, 0.05) is 12.0 Å². The normalized spacial score (nSPS) is 32.2. The lowest BCUT2D eigenvalue weighted by Gasteiger charge is -2.21. The maximum absolute atomic E-state index is 11.3. The monoisotopic (exact) mass is 266 g/mol. The molecule has 1 aromatic heterocycles. The van der Waals surface area contributed by atoms with Crippen molar-refractivity contribution in [3.05, 3.63) is 16.4 Å². The van der Waals surface area contributed by atoms with E-state index >= 15 is 0 Å². The lowest BCUT2D eigenvalue weighted by Crippen LogP contribution is -2.25. The van der Waals surface area contributed by atoms with E-state index in [1.165, 1.54) is 17.8 Å². The van der Waals surface area contributed by atoms with Crippen LogP contribution in [0.1, 0.15) is 19.3 Å². The molecule has 3 rings (SSSR count). The zero-order valence-electron chi connectivity index (χ0n) is 9.67. The molecular formula is C11H14N4O2S. The van der Waals surface area contributed by atoms with E-state index in [4.69, 9.17) is 10.9 Å². The molecule has 2 fully saturated rings. The van der Waals surface area contributed by atoms with Gasteiger partial charge in [-0.15, -0.1) is 0 Å². The minimum atomic E-state index is -0.254. The van der Waals surface area contributed by atoms with Crippen molar-refractivity contribution in [1.29, 1.82) is 0 Å². The van der Waals surface area contributed by atoms with Gasteiger partial charge in [0.15, 0.2) is 5.16 Å². The second-order valence-corrected chi connectivity index (χ2v) is 5.94. The van der Waals surface area contributed by atoms with Crippen LogP contribution in [0.3, 0.4) is 0 Å². The number of nitrogens with two attached hydrogens (primary N) is 1. The van der Waals surface area contributed by atoms with Crippen molar-refractivity contribution in [3.63, 3.8) is 0 Å². The molecule has 2 saturated carbocycles. The van der Waals surface area contributed by atoms with Gasteiger partial charge >= 0.3 is 0 Å². The Balaban J connectivity index is 1.86. The molecule has 0 unspecified atom stereocenters. The maximum atomic E-state index is 11.3. The third kappa shape index (κ3) is 1.88. The molecule has 1 heterocycles.